The highest BCUT2D eigenvalue weighted by Gasteiger charge is 2.17. The summed E-state index contributed by atoms with van der Waals surface area (Å²) >= 11 is 0. The summed E-state index contributed by atoms with van der Waals surface area (Å²) < 4.78 is 33.5. The molecule has 3 nitrogen and oxygen atoms in total. The summed E-state index contributed by atoms with van der Waals surface area (Å²) in [7, 11) is 1.57. The first-order valence-electron chi connectivity index (χ1n) is 7.25. The van der Waals surface area contributed by atoms with Gasteiger partial charge >= 0.3 is 0 Å². The minimum Gasteiger partial charge on any atom is -0.383 e. The van der Waals surface area contributed by atoms with Crippen molar-refractivity contribution >= 4 is 5.69 Å². The van der Waals surface area contributed by atoms with Crippen LogP contribution in [0.4, 0.5) is 14.5 Å². The average molecular weight is 300 g/mol. The maximum absolute atomic E-state index is 14.2. The summed E-state index contributed by atoms with van der Waals surface area (Å²) in [5, 5.41) is 3.22. The highest BCUT2D eigenvalue weighted by Crippen LogP contribution is 2.25. The van der Waals surface area contributed by atoms with Crippen molar-refractivity contribution in [3.8, 4) is 0 Å². The van der Waals surface area contributed by atoms with Crippen LogP contribution in [0, 0.1) is 11.6 Å². The molecule has 0 aliphatic heterocycles. The summed E-state index contributed by atoms with van der Waals surface area (Å²) in [6, 6.07) is 2.79. The smallest absolute Gasteiger partial charge is 0.149 e. The van der Waals surface area contributed by atoms with Gasteiger partial charge in [-0.25, -0.2) is 8.78 Å². The predicted octanol–water partition coefficient (Wildman–Crippen LogP) is 3.33. The standard InChI is InChI=1S/C16H26F2N2O/c1-6-20(7-8-21-5)15-13(17)9-12(10-14(15)18)11-19-16(2,3)4/h9-10,19H,6-8,11H2,1-5H3. The Hall–Kier alpha value is -1.20. The van der Waals surface area contributed by atoms with Crippen molar-refractivity contribution in [2.24, 2.45) is 0 Å². The molecule has 0 heterocycles. The number of likely N-dealkylation sites (N-methyl/N-ethyl adjacent to an activating group) is 1. The topological polar surface area (TPSA) is 24.5 Å². The quantitative estimate of drug-likeness (QED) is 0.836. The van der Waals surface area contributed by atoms with Crippen LogP contribution in [0.3, 0.4) is 0 Å². The Balaban J connectivity index is 2.93. The number of nitrogens with zero attached hydrogens (tertiary/aromatic N) is 1. The van der Waals surface area contributed by atoms with E-state index in [1.165, 1.54) is 12.1 Å². The number of hydrogen-bond acceptors (Lipinski definition) is 3. The molecule has 0 bridgehead atoms. The van der Waals surface area contributed by atoms with E-state index in [0.29, 0.717) is 31.8 Å². The summed E-state index contributed by atoms with van der Waals surface area (Å²) in [4.78, 5) is 1.65. The van der Waals surface area contributed by atoms with Gasteiger partial charge in [0.25, 0.3) is 0 Å². The van der Waals surface area contributed by atoms with Gasteiger partial charge in [-0.2, -0.15) is 0 Å². The fourth-order valence-corrected chi connectivity index (χ4v) is 2.02. The molecule has 0 saturated heterocycles. The Morgan fingerprint density at radius 3 is 2.19 bits per heavy atom. The van der Waals surface area contributed by atoms with E-state index < -0.39 is 11.6 Å². The molecule has 0 aromatic heterocycles. The van der Waals surface area contributed by atoms with Gasteiger partial charge in [0.1, 0.15) is 17.3 Å². The van der Waals surface area contributed by atoms with E-state index in [0.717, 1.165) is 0 Å². The second-order valence-corrected chi connectivity index (χ2v) is 6.08. The highest BCUT2D eigenvalue weighted by molar-refractivity contribution is 5.50. The normalized spacial score (nSPS) is 11.8. The van der Waals surface area contributed by atoms with Gasteiger partial charge < -0.3 is 15.0 Å². The Labute approximate surface area is 126 Å². The number of rotatable bonds is 7. The number of halogens is 2. The molecule has 5 heteroatoms. The van der Waals surface area contributed by atoms with Crippen molar-refractivity contribution in [3.05, 3.63) is 29.3 Å². The zero-order valence-electron chi connectivity index (χ0n) is 13.6. The molecule has 0 spiro atoms. The Morgan fingerprint density at radius 1 is 1.19 bits per heavy atom. The predicted molar refractivity (Wildman–Crippen MR) is 82.7 cm³/mol. The van der Waals surface area contributed by atoms with E-state index >= 15 is 0 Å². The minimum atomic E-state index is -0.529. The van der Waals surface area contributed by atoms with Crippen LogP contribution in [0.5, 0.6) is 0 Å². The molecule has 1 N–H and O–H groups in total. The zero-order valence-corrected chi connectivity index (χ0v) is 13.6. The maximum Gasteiger partial charge on any atom is 0.149 e. The SMILES string of the molecule is CCN(CCOC)c1c(F)cc(CNC(C)(C)C)cc1F. The van der Waals surface area contributed by atoms with Crippen molar-refractivity contribution in [1.82, 2.24) is 5.32 Å². The lowest BCUT2D eigenvalue weighted by molar-refractivity contribution is 0.205. The molecule has 1 aromatic rings. The van der Waals surface area contributed by atoms with Gasteiger partial charge in [0.15, 0.2) is 0 Å². The zero-order chi connectivity index (χ0) is 16.0. The number of benzene rings is 1. The van der Waals surface area contributed by atoms with Crippen LogP contribution in [0.15, 0.2) is 12.1 Å². The molecule has 0 atom stereocenters. The lowest BCUT2D eigenvalue weighted by atomic mass is 10.1. The molecule has 0 unspecified atom stereocenters. The summed E-state index contributed by atoms with van der Waals surface area (Å²) in [6.07, 6.45) is 0. The van der Waals surface area contributed by atoms with Gasteiger partial charge in [0, 0.05) is 32.3 Å². The fourth-order valence-electron chi connectivity index (χ4n) is 2.02. The van der Waals surface area contributed by atoms with Crippen molar-refractivity contribution in [2.45, 2.75) is 39.8 Å². The number of anilines is 1. The number of nitrogens with one attached hydrogen (secondary N) is 1. The van der Waals surface area contributed by atoms with Crippen LogP contribution in [-0.4, -0.2) is 32.3 Å². The van der Waals surface area contributed by atoms with Crippen LogP contribution in [0.1, 0.15) is 33.3 Å². The summed E-state index contributed by atoms with van der Waals surface area (Å²) in [5.41, 5.74) is 0.528. The molecule has 21 heavy (non-hydrogen) atoms. The molecule has 0 saturated carbocycles. The van der Waals surface area contributed by atoms with Crippen LogP contribution < -0.4 is 10.2 Å². The van der Waals surface area contributed by atoms with E-state index in [1.54, 1.807) is 12.0 Å². The number of ether oxygens (including phenoxy) is 1. The van der Waals surface area contributed by atoms with Crippen LogP contribution in [0.2, 0.25) is 0 Å². The fraction of sp³-hybridized carbons (Fsp3) is 0.625. The van der Waals surface area contributed by atoms with E-state index in [2.05, 4.69) is 5.32 Å². The molecule has 0 aliphatic carbocycles. The molecule has 1 aromatic carbocycles. The van der Waals surface area contributed by atoms with Crippen LogP contribution in [0.25, 0.3) is 0 Å². The Bertz CT molecular complexity index is 435. The lowest BCUT2D eigenvalue weighted by Gasteiger charge is -2.25. The first-order chi connectivity index (χ1) is 9.78. The van der Waals surface area contributed by atoms with E-state index in [9.17, 15) is 8.78 Å². The summed E-state index contributed by atoms with van der Waals surface area (Å²) in [5.74, 6) is -1.06. The second-order valence-electron chi connectivity index (χ2n) is 6.08. The van der Waals surface area contributed by atoms with Crippen molar-refractivity contribution in [1.29, 1.82) is 0 Å². The van der Waals surface area contributed by atoms with Gasteiger partial charge in [0.2, 0.25) is 0 Å². The molecule has 0 radical (unpaired) electrons. The van der Waals surface area contributed by atoms with E-state index in [-0.39, 0.29) is 11.2 Å². The highest BCUT2D eigenvalue weighted by atomic mass is 19.1. The molecule has 0 amide bonds. The van der Waals surface area contributed by atoms with Gasteiger partial charge in [-0.1, -0.05) is 0 Å². The first-order valence-corrected chi connectivity index (χ1v) is 7.25. The van der Waals surface area contributed by atoms with Crippen LogP contribution >= 0.6 is 0 Å². The third-order valence-electron chi connectivity index (χ3n) is 3.16. The van der Waals surface area contributed by atoms with Crippen molar-refractivity contribution in [2.75, 3.05) is 31.7 Å². The van der Waals surface area contributed by atoms with Gasteiger partial charge in [-0.3, -0.25) is 0 Å². The summed E-state index contributed by atoms with van der Waals surface area (Å²) in [6.45, 7) is 9.75. The third kappa shape index (κ3) is 5.59. The molecular formula is C16H26F2N2O. The van der Waals surface area contributed by atoms with Gasteiger partial charge in [0.05, 0.1) is 6.61 Å². The van der Waals surface area contributed by atoms with Crippen molar-refractivity contribution in [3.63, 3.8) is 0 Å². The number of hydrogen-bond donors (Lipinski definition) is 1. The van der Waals surface area contributed by atoms with Gasteiger partial charge in [-0.15, -0.1) is 0 Å². The molecular weight excluding hydrogens is 274 g/mol. The number of methoxy groups -OCH3 is 1. The maximum atomic E-state index is 14.2. The lowest BCUT2D eigenvalue weighted by Crippen LogP contribution is -2.35. The third-order valence-corrected chi connectivity index (χ3v) is 3.16. The first kappa shape index (κ1) is 17.9. The largest absolute Gasteiger partial charge is 0.383 e. The minimum absolute atomic E-state index is 0.0223. The van der Waals surface area contributed by atoms with Gasteiger partial charge in [-0.05, 0) is 45.4 Å². The molecule has 0 fully saturated rings. The molecule has 1 rings (SSSR count). The molecule has 120 valence electrons. The van der Waals surface area contributed by atoms with E-state index in [1.807, 2.05) is 27.7 Å². The van der Waals surface area contributed by atoms with Crippen LogP contribution in [-0.2, 0) is 11.3 Å². The molecule has 0 aliphatic rings. The average Bonchev–Trinajstić information content (AvgIpc) is 2.38. The Morgan fingerprint density at radius 2 is 1.76 bits per heavy atom. The monoisotopic (exact) mass is 300 g/mol. The Kier molecular flexibility index (Phi) is 6.55. The van der Waals surface area contributed by atoms with Crippen molar-refractivity contribution < 1.29 is 13.5 Å². The van der Waals surface area contributed by atoms with E-state index in [4.69, 9.17) is 4.74 Å². The second kappa shape index (κ2) is 7.71.